The van der Waals surface area contributed by atoms with Gasteiger partial charge in [-0.15, -0.1) is 10.2 Å². The van der Waals surface area contributed by atoms with Crippen LogP contribution in [0, 0.1) is 5.82 Å². The number of amides is 1. The topological polar surface area (TPSA) is 62.5 Å². The number of hydrogen-bond donors (Lipinski definition) is 0. The van der Waals surface area contributed by atoms with Crippen LogP contribution < -0.4 is 4.90 Å². The first-order valence-corrected chi connectivity index (χ1v) is 8.39. The second-order valence-corrected chi connectivity index (χ2v) is 6.03. The van der Waals surface area contributed by atoms with E-state index < -0.39 is 0 Å². The monoisotopic (exact) mass is 352 g/mol. The average molecular weight is 352 g/mol. The highest BCUT2D eigenvalue weighted by Gasteiger charge is 2.26. The van der Waals surface area contributed by atoms with E-state index in [4.69, 9.17) is 4.42 Å². The van der Waals surface area contributed by atoms with Gasteiger partial charge in [0.1, 0.15) is 5.82 Å². The molecule has 6 nitrogen and oxygen atoms in total. The number of nitrogens with zero attached hydrogens (tertiary/aromatic N) is 4. The summed E-state index contributed by atoms with van der Waals surface area (Å²) in [6.45, 7) is 2.41. The molecule has 0 unspecified atom stereocenters. The van der Waals surface area contributed by atoms with Gasteiger partial charge in [0.2, 0.25) is 5.89 Å². The summed E-state index contributed by atoms with van der Waals surface area (Å²) in [6, 6.07) is 15.7. The Labute approximate surface area is 149 Å². The van der Waals surface area contributed by atoms with Crippen LogP contribution in [-0.4, -0.2) is 47.2 Å². The molecule has 4 rings (SSSR count). The molecule has 0 spiro atoms. The van der Waals surface area contributed by atoms with Gasteiger partial charge in [-0.25, -0.2) is 4.39 Å². The minimum atomic E-state index is -0.265. The van der Waals surface area contributed by atoms with E-state index in [1.165, 1.54) is 12.1 Å². The fourth-order valence-electron chi connectivity index (χ4n) is 2.96. The molecule has 1 saturated heterocycles. The van der Waals surface area contributed by atoms with E-state index in [1.807, 2.05) is 30.3 Å². The molecule has 1 aliphatic rings. The molecule has 0 N–H and O–H groups in total. The van der Waals surface area contributed by atoms with Crippen molar-refractivity contribution in [1.82, 2.24) is 15.1 Å². The van der Waals surface area contributed by atoms with Gasteiger partial charge in [0.25, 0.3) is 0 Å². The zero-order valence-corrected chi connectivity index (χ0v) is 14.0. The third-order valence-corrected chi connectivity index (χ3v) is 4.39. The predicted molar refractivity (Wildman–Crippen MR) is 94.3 cm³/mol. The highest BCUT2D eigenvalue weighted by Crippen LogP contribution is 2.20. The Morgan fingerprint density at radius 1 is 0.923 bits per heavy atom. The molecule has 1 aromatic heterocycles. The normalized spacial score (nSPS) is 14.5. The van der Waals surface area contributed by atoms with Gasteiger partial charge in [0, 0.05) is 37.4 Å². The molecule has 1 amide bonds. The van der Waals surface area contributed by atoms with E-state index in [1.54, 1.807) is 17.0 Å². The molecule has 0 aliphatic carbocycles. The lowest BCUT2D eigenvalue weighted by Gasteiger charge is -2.35. The van der Waals surface area contributed by atoms with Crippen molar-refractivity contribution in [3.05, 3.63) is 66.3 Å². The third kappa shape index (κ3) is 3.28. The van der Waals surface area contributed by atoms with Crippen molar-refractivity contribution in [2.75, 3.05) is 31.1 Å². The molecule has 0 atom stereocenters. The number of carbonyl (C=O) groups is 1. The summed E-state index contributed by atoms with van der Waals surface area (Å²) in [6.07, 6.45) is 0. The van der Waals surface area contributed by atoms with Crippen molar-refractivity contribution < 1.29 is 13.6 Å². The van der Waals surface area contributed by atoms with E-state index in [0.717, 1.165) is 11.3 Å². The van der Waals surface area contributed by atoms with Gasteiger partial charge in [-0.3, -0.25) is 4.79 Å². The van der Waals surface area contributed by atoms with Crippen LogP contribution in [0.5, 0.6) is 0 Å². The maximum atomic E-state index is 13.0. The number of aromatic nitrogens is 2. The Bertz CT molecular complexity index is 887. The summed E-state index contributed by atoms with van der Waals surface area (Å²) in [5, 5.41) is 7.85. The largest absolute Gasteiger partial charge is 0.412 e. The first kappa shape index (κ1) is 16.3. The van der Waals surface area contributed by atoms with Crippen LogP contribution in [0.15, 0.2) is 59.0 Å². The van der Waals surface area contributed by atoms with Gasteiger partial charge in [-0.1, -0.05) is 18.2 Å². The lowest BCUT2D eigenvalue weighted by atomic mass is 10.2. The van der Waals surface area contributed by atoms with Crippen LogP contribution in [0.1, 0.15) is 10.7 Å². The zero-order valence-electron chi connectivity index (χ0n) is 14.0. The standard InChI is InChI=1S/C19H17FN4O2/c20-15-6-8-16(9-7-15)23-10-12-24(13-11-23)19(25)18-22-21-17(26-18)14-4-2-1-3-5-14/h1-9H,10-13H2. The van der Waals surface area contributed by atoms with E-state index in [0.29, 0.717) is 32.1 Å². The van der Waals surface area contributed by atoms with Gasteiger partial charge < -0.3 is 14.2 Å². The Morgan fingerprint density at radius 3 is 2.31 bits per heavy atom. The Morgan fingerprint density at radius 2 is 1.62 bits per heavy atom. The maximum Gasteiger partial charge on any atom is 0.311 e. The summed E-state index contributed by atoms with van der Waals surface area (Å²) in [7, 11) is 0. The average Bonchev–Trinajstić information content (AvgIpc) is 3.19. The fraction of sp³-hybridized carbons (Fsp3) is 0.211. The highest BCUT2D eigenvalue weighted by atomic mass is 19.1. The first-order chi connectivity index (χ1) is 12.7. The lowest BCUT2D eigenvalue weighted by molar-refractivity contribution is 0.0707. The predicted octanol–water partition coefficient (Wildman–Crippen LogP) is 2.84. The summed E-state index contributed by atoms with van der Waals surface area (Å²) in [5.41, 5.74) is 1.72. The second kappa shape index (κ2) is 6.95. The first-order valence-electron chi connectivity index (χ1n) is 8.39. The van der Waals surface area contributed by atoms with Gasteiger partial charge in [-0.05, 0) is 36.4 Å². The van der Waals surface area contributed by atoms with Crippen molar-refractivity contribution in [3.8, 4) is 11.5 Å². The molecule has 1 aliphatic heterocycles. The molecular weight excluding hydrogens is 335 g/mol. The molecule has 2 aromatic carbocycles. The molecule has 1 fully saturated rings. The number of rotatable bonds is 3. The van der Waals surface area contributed by atoms with Crippen LogP contribution in [0.25, 0.3) is 11.5 Å². The van der Waals surface area contributed by atoms with Crippen LogP contribution in [0.4, 0.5) is 10.1 Å². The van der Waals surface area contributed by atoms with Crippen LogP contribution in [-0.2, 0) is 0 Å². The quantitative estimate of drug-likeness (QED) is 0.725. The van der Waals surface area contributed by atoms with Gasteiger partial charge in [0.05, 0.1) is 0 Å². The van der Waals surface area contributed by atoms with E-state index in [-0.39, 0.29) is 17.6 Å². The van der Waals surface area contributed by atoms with Crippen LogP contribution >= 0.6 is 0 Å². The highest BCUT2D eigenvalue weighted by molar-refractivity contribution is 5.90. The van der Waals surface area contributed by atoms with Crippen molar-refractivity contribution in [1.29, 1.82) is 0 Å². The van der Waals surface area contributed by atoms with E-state index >= 15 is 0 Å². The van der Waals surface area contributed by atoms with Gasteiger partial charge in [0.15, 0.2) is 0 Å². The Hall–Kier alpha value is -3.22. The Balaban J connectivity index is 1.41. The minimum absolute atomic E-state index is 0.000847. The van der Waals surface area contributed by atoms with E-state index in [2.05, 4.69) is 15.1 Å². The molecule has 0 saturated carbocycles. The minimum Gasteiger partial charge on any atom is -0.412 e. The van der Waals surface area contributed by atoms with Crippen LogP contribution in [0.3, 0.4) is 0 Å². The maximum absolute atomic E-state index is 13.0. The Kier molecular flexibility index (Phi) is 4.35. The smallest absolute Gasteiger partial charge is 0.311 e. The van der Waals surface area contributed by atoms with Crippen molar-refractivity contribution in [3.63, 3.8) is 0 Å². The summed E-state index contributed by atoms with van der Waals surface area (Å²) in [4.78, 5) is 16.4. The lowest BCUT2D eigenvalue weighted by Crippen LogP contribution is -2.48. The summed E-state index contributed by atoms with van der Waals surface area (Å²) < 4.78 is 18.6. The molecule has 3 aromatic rings. The molecule has 132 valence electrons. The zero-order chi connectivity index (χ0) is 17.9. The summed E-state index contributed by atoms with van der Waals surface area (Å²) in [5.74, 6) is -0.190. The molecular formula is C19H17FN4O2. The van der Waals surface area contributed by atoms with Gasteiger partial charge in [-0.2, -0.15) is 0 Å². The van der Waals surface area contributed by atoms with Crippen molar-refractivity contribution in [2.24, 2.45) is 0 Å². The van der Waals surface area contributed by atoms with Crippen molar-refractivity contribution in [2.45, 2.75) is 0 Å². The SMILES string of the molecule is O=C(c1nnc(-c2ccccc2)o1)N1CCN(c2ccc(F)cc2)CC1. The van der Waals surface area contributed by atoms with E-state index in [9.17, 15) is 9.18 Å². The summed E-state index contributed by atoms with van der Waals surface area (Å²) >= 11 is 0. The van der Waals surface area contributed by atoms with Crippen molar-refractivity contribution >= 4 is 11.6 Å². The molecule has 7 heteroatoms. The third-order valence-electron chi connectivity index (χ3n) is 4.39. The number of piperazine rings is 1. The number of benzene rings is 2. The number of hydrogen-bond acceptors (Lipinski definition) is 5. The fourth-order valence-corrected chi connectivity index (χ4v) is 2.96. The number of carbonyl (C=O) groups excluding carboxylic acids is 1. The number of anilines is 1. The molecule has 26 heavy (non-hydrogen) atoms. The van der Waals surface area contributed by atoms with Crippen LogP contribution in [0.2, 0.25) is 0 Å². The second-order valence-electron chi connectivity index (χ2n) is 6.03. The molecule has 2 heterocycles. The van der Waals surface area contributed by atoms with Gasteiger partial charge >= 0.3 is 11.8 Å². The molecule has 0 bridgehead atoms. The number of halogens is 1. The molecule has 0 radical (unpaired) electrons.